The molecule has 0 N–H and O–H groups in total. The van der Waals surface area contributed by atoms with Gasteiger partial charge < -0.3 is 4.90 Å². The molecule has 0 radical (unpaired) electrons. The summed E-state index contributed by atoms with van der Waals surface area (Å²) in [6.45, 7) is 3.48. The molecule has 2 nitrogen and oxygen atoms in total. The Kier molecular flexibility index (Phi) is 3.22. The van der Waals surface area contributed by atoms with Crippen LogP contribution in [-0.2, 0) is 0 Å². The summed E-state index contributed by atoms with van der Waals surface area (Å²) in [7, 11) is 3.64. The molecule has 0 aromatic heterocycles. The lowest BCUT2D eigenvalue weighted by Crippen LogP contribution is -2.08. The Balaban J connectivity index is 4.19. The van der Waals surface area contributed by atoms with Gasteiger partial charge in [0.1, 0.15) is 11.8 Å². The lowest BCUT2D eigenvalue weighted by atomic mass is 10.4. The molecule has 0 heterocycles. The fourth-order valence-electron chi connectivity index (χ4n) is 0.398. The average Bonchev–Trinajstić information content (AvgIpc) is 1.82. The largest absolute Gasteiger partial charge is 0.369 e. The van der Waals surface area contributed by atoms with E-state index in [4.69, 9.17) is 5.26 Å². The first-order chi connectivity index (χ1) is 4.22. The van der Waals surface area contributed by atoms with Crippen molar-refractivity contribution in [3.05, 3.63) is 24.4 Å². The predicted molar refractivity (Wildman–Crippen MR) is 37.6 cm³/mol. The van der Waals surface area contributed by atoms with Gasteiger partial charge in [-0.2, -0.15) is 5.26 Å². The molecule has 0 rings (SSSR count). The van der Waals surface area contributed by atoms with E-state index in [1.807, 2.05) is 20.2 Å². The highest BCUT2D eigenvalue weighted by Crippen LogP contribution is 1.94. The molecule has 0 atom stereocenters. The fourth-order valence-corrected chi connectivity index (χ4v) is 0.398. The second kappa shape index (κ2) is 3.73. The quantitative estimate of drug-likeness (QED) is 0.405. The summed E-state index contributed by atoms with van der Waals surface area (Å²) in [4.78, 5) is 1.74. The number of nitrogens with zero attached hydrogens (tertiary/aromatic N) is 2. The normalized spacial score (nSPS) is 10.1. The van der Waals surface area contributed by atoms with Gasteiger partial charge in [-0.3, -0.25) is 0 Å². The van der Waals surface area contributed by atoms with Crippen molar-refractivity contribution in [2.24, 2.45) is 0 Å². The van der Waals surface area contributed by atoms with E-state index in [1.54, 1.807) is 17.1 Å². The van der Waals surface area contributed by atoms with Crippen LogP contribution in [0.1, 0.15) is 0 Å². The van der Waals surface area contributed by atoms with Crippen LogP contribution in [0.25, 0.3) is 0 Å². The van der Waals surface area contributed by atoms with Crippen molar-refractivity contribution < 1.29 is 0 Å². The Morgan fingerprint density at radius 2 is 2.22 bits per heavy atom. The number of hydrogen-bond acceptors (Lipinski definition) is 2. The van der Waals surface area contributed by atoms with E-state index in [0.717, 1.165) is 0 Å². The molecule has 2 heteroatoms. The van der Waals surface area contributed by atoms with Crippen molar-refractivity contribution in [3.63, 3.8) is 0 Å². The van der Waals surface area contributed by atoms with Gasteiger partial charge in [-0.15, -0.1) is 0 Å². The minimum atomic E-state index is 0.616. The zero-order valence-electron chi connectivity index (χ0n) is 5.76. The summed E-state index contributed by atoms with van der Waals surface area (Å²) in [6.07, 6.45) is 3.26. The van der Waals surface area contributed by atoms with Crippen LogP contribution < -0.4 is 0 Å². The van der Waals surface area contributed by atoms with Crippen molar-refractivity contribution in [1.29, 1.82) is 5.26 Å². The van der Waals surface area contributed by atoms with Crippen LogP contribution in [0.2, 0.25) is 0 Å². The van der Waals surface area contributed by atoms with E-state index in [2.05, 4.69) is 6.58 Å². The van der Waals surface area contributed by atoms with Crippen molar-refractivity contribution in [2.75, 3.05) is 14.1 Å². The van der Waals surface area contributed by atoms with Gasteiger partial charge >= 0.3 is 0 Å². The highest BCUT2D eigenvalue weighted by molar-refractivity contribution is 5.22. The zero-order chi connectivity index (χ0) is 7.28. The predicted octanol–water partition coefficient (Wildman–Crippen LogP) is 1.14. The Morgan fingerprint density at radius 1 is 1.67 bits per heavy atom. The van der Waals surface area contributed by atoms with Crippen LogP contribution in [-0.4, -0.2) is 19.0 Å². The topological polar surface area (TPSA) is 27.0 Å². The molecule has 0 saturated heterocycles. The summed E-state index contributed by atoms with van der Waals surface area (Å²) >= 11 is 0. The third-order valence-electron chi connectivity index (χ3n) is 0.872. The number of rotatable bonds is 2. The third-order valence-corrected chi connectivity index (χ3v) is 0.872. The van der Waals surface area contributed by atoms with Gasteiger partial charge in [0.25, 0.3) is 0 Å². The van der Waals surface area contributed by atoms with Crippen LogP contribution in [0, 0.1) is 11.3 Å². The molecule has 0 fully saturated rings. The van der Waals surface area contributed by atoms with E-state index in [1.165, 1.54) is 0 Å². The SMILES string of the molecule is C=CC=C(C#N)N(C)C. The summed E-state index contributed by atoms with van der Waals surface area (Å²) in [6, 6.07) is 2.02. The Morgan fingerprint density at radius 3 is 2.33 bits per heavy atom. The lowest BCUT2D eigenvalue weighted by Gasteiger charge is -2.07. The van der Waals surface area contributed by atoms with Gasteiger partial charge in [0.05, 0.1) is 0 Å². The average molecular weight is 122 g/mol. The lowest BCUT2D eigenvalue weighted by molar-refractivity contribution is 0.533. The highest BCUT2D eigenvalue weighted by atomic mass is 15.1. The number of nitriles is 1. The molecule has 0 unspecified atom stereocenters. The van der Waals surface area contributed by atoms with Gasteiger partial charge in [0.2, 0.25) is 0 Å². The summed E-state index contributed by atoms with van der Waals surface area (Å²) in [5, 5.41) is 8.42. The van der Waals surface area contributed by atoms with E-state index in [-0.39, 0.29) is 0 Å². The maximum absolute atomic E-state index is 8.42. The monoisotopic (exact) mass is 122 g/mol. The van der Waals surface area contributed by atoms with Gasteiger partial charge in [0, 0.05) is 14.1 Å². The van der Waals surface area contributed by atoms with Crippen molar-refractivity contribution >= 4 is 0 Å². The van der Waals surface area contributed by atoms with E-state index >= 15 is 0 Å². The molecule has 0 aliphatic heterocycles. The van der Waals surface area contributed by atoms with Crippen LogP contribution in [0.15, 0.2) is 24.4 Å². The fraction of sp³-hybridized carbons (Fsp3) is 0.286. The molecule has 0 aromatic rings. The minimum absolute atomic E-state index is 0.616. The molecule has 0 saturated carbocycles. The molecule has 0 amide bonds. The molecule has 0 aliphatic carbocycles. The van der Waals surface area contributed by atoms with Gasteiger partial charge in [-0.25, -0.2) is 0 Å². The second-order valence-electron chi connectivity index (χ2n) is 1.79. The maximum Gasteiger partial charge on any atom is 0.117 e. The summed E-state index contributed by atoms with van der Waals surface area (Å²) in [5.74, 6) is 0. The van der Waals surface area contributed by atoms with Crippen LogP contribution >= 0.6 is 0 Å². The standard InChI is InChI=1S/C7H10N2/c1-4-5-7(6-8)9(2)3/h4-5H,1H2,2-3H3. The van der Waals surface area contributed by atoms with Gasteiger partial charge in [0.15, 0.2) is 0 Å². The number of hydrogen-bond donors (Lipinski definition) is 0. The van der Waals surface area contributed by atoms with E-state index < -0.39 is 0 Å². The molecule has 0 spiro atoms. The molecule has 0 aromatic carbocycles. The molecular weight excluding hydrogens is 112 g/mol. The first kappa shape index (κ1) is 7.77. The maximum atomic E-state index is 8.42. The highest BCUT2D eigenvalue weighted by Gasteiger charge is 1.91. The second-order valence-corrected chi connectivity index (χ2v) is 1.79. The van der Waals surface area contributed by atoms with Crippen LogP contribution in [0.4, 0.5) is 0 Å². The molecule has 0 bridgehead atoms. The summed E-state index contributed by atoms with van der Waals surface area (Å²) in [5.41, 5.74) is 0.616. The van der Waals surface area contributed by atoms with E-state index in [0.29, 0.717) is 5.70 Å². The van der Waals surface area contributed by atoms with Crippen molar-refractivity contribution in [1.82, 2.24) is 4.90 Å². The first-order valence-electron chi connectivity index (χ1n) is 2.62. The smallest absolute Gasteiger partial charge is 0.117 e. The van der Waals surface area contributed by atoms with Crippen molar-refractivity contribution in [3.8, 4) is 6.07 Å². The van der Waals surface area contributed by atoms with Gasteiger partial charge in [-0.1, -0.05) is 12.7 Å². The Bertz CT molecular complexity index is 160. The minimum Gasteiger partial charge on any atom is -0.369 e. The third kappa shape index (κ3) is 2.55. The molecule has 9 heavy (non-hydrogen) atoms. The Hall–Kier alpha value is -1.23. The summed E-state index contributed by atoms with van der Waals surface area (Å²) < 4.78 is 0. The molecule has 48 valence electrons. The first-order valence-corrected chi connectivity index (χ1v) is 2.62. The number of allylic oxidation sites excluding steroid dienone is 3. The van der Waals surface area contributed by atoms with Crippen LogP contribution in [0.5, 0.6) is 0 Å². The zero-order valence-corrected chi connectivity index (χ0v) is 5.76. The van der Waals surface area contributed by atoms with Crippen LogP contribution in [0.3, 0.4) is 0 Å². The van der Waals surface area contributed by atoms with E-state index in [9.17, 15) is 0 Å². The van der Waals surface area contributed by atoms with Crippen molar-refractivity contribution in [2.45, 2.75) is 0 Å². The van der Waals surface area contributed by atoms with Gasteiger partial charge in [-0.05, 0) is 6.08 Å². The molecular formula is C7H10N2. The Labute approximate surface area is 55.7 Å². The molecule has 0 aliphatic rings.